The molecule has 53 heavy (non-hydrogen) atoms. The fourth-order valence-corrected chi connectivity index (χ4v) is 12.9. The van der Waals surface area contributed by atoms with Crippen LogP contribution in [0.5, 0.6) is 0 Å². The fourth-order valence-electron chi connectivity index (χ4n) is 12.9. The minimum Gasteiger partial charge on any atom is -0.463 e. The maximum atomic E-state index is 14.0. The molecule has 1 N–H and O–H groups in total. The molecular formula is C43H52O10. The van der Waals surface area contributed by atoms with Crippen LogP contribution in [0.3, 0.4) is 0 Å². The van der Waals surface area contributed by atoms with Gasteiger partial charge in [-0.25, -0.2) is 9.59 Å². The Morgan fingerprint density at radius 1 is 0.811 bits per heavy atom. The van der Waals surface area contributed by atoms with Crippen molar-refractivity contribution < 1.29 is 47.9 Å². The van der Waals surface area contributed by atoms with Crippen molar-refractivity contribution in [3.63, 3.8) is 0 Å². The Labute approximate surface area is 311 Å². The van der Waals surface area contributed by atoms with Crippen LogP contribution >= 0.6 is 0 Å². The maximum Gasteiger partial charge on any atom is 0.338 e. The number of aliphatic hydroxyl groups is 1. The lowest BCUT2D eigenvalue weighted by atomic mass is 9.43. The Morgan fingerprint density at radius 3 is 2.17 bits per heavy atom. The molecule has 3 saturated heterocycles. The van der Waals surface area contributed by atoms with E-state index in [4.69, 9.17) is 28.4 Å². The van der Waals surface area contributed by atoms with Crippen LogP contribution in [0.1, 0.15) is 107 Å². The van der Waals surface area contributed by atoms with Gasteiger partial charge in [-0.15, -0.1) is 0 Å². The molecule has 0 bridgehead atoms. The van der Waals surface area contributed by atoms with Gasteiger partial charge in [-0.05, 0) is 99.3 Å². The van der Waals surface area contributed by atoms with Crippen molar-refractivity contribution in [3.8, 4) is 0 Å². The van der Waals surface area contributed by atoms with Crippen LogP contribution in [0.15, 0.2) is 60.7 Å². The molecule has 3 heterocycles. The zero-order chi connectivity index (χ0) is 37.2. The first-order valence-electron chi connectivity index (χ1n) is 19.7. The monoisotopic (exact) mass is 728 g/mol. The molecule has 4 saturated carbocycles. The SMILES string of the molecule is CC(=O)O[C@H]1CC[C@@]2(C)[C@@H](CC[C@@H]3[C@@H]2C[C@@H](OC(=O)c2ccccc2)[C@]2(C)[C@H]4[C@@H](C)[C@@]5(CC[C@@](C)(COC(=O)c6ccccc6)O5)O[C@@]4(O)[C@H]4O[C@]342)C1. The molecule has 4 aliphatic carbocycles. The molecule has 10 heteroatoms. The third-order valence-corrected chi connectivity index (χ3v) is 15.3. The summed E-state index contributed by atoms with van der Waals surface area (Å²) in [5.74, 6) is -3.95. The number of epoxide rings is 1. The summed E-state index contributed by atoms with van der Waals surface area (Å²) in [4.78, 5) is 38.7. The Balaban J connectivity index is 1.03. The van der Waals surface area contributed by atoms with Crippen molar-refractivity contribution in [3.05, 3.63) is 71.8 Å². The molecule has 7 fully saturated rings. The third-order valence-electron chi connectivity index (χ3n) is 15.3. The van der Waals surface area contributed by atoms with Crippen molar-refractivity contribution in [1.82, 2.24) is 0 Å². The van der Waals surface area contributed by atoms with Crippen LogP contribution < -0.4 is 0 Å². The van der Waals surface area contributed by atoms with E-state index in [2.05, 4.69) is 20.8 Å². The van der Waals surface area contributed by atoms with Gasteiger partial charge >= 0.3 is 17.9 Å². The zero-order valence-corrected chi connectivity index (χ0v) is 31.4. The predicted molar refractivity (Wildman–Crippen MR) is 190 cm³/mol. The van der Waals surface area contributed by atoms with E-state index in [1.807, 2.05) is 31.2 Å². The lowest BCUT2D eigenvalue weighted by molar-refractivity contribution is -0.327. The Kier molecular flexibility index (Phi) is 7.91. The van der Waals surface area contributed by atoms with E-state index in [1.165, 1.54) is 6.92 Å². The molecule has 14 atom stereocenters. The number of esters is 3. The number of ether oxygens (including phenoxy) is 6. The Bertz CT molecular complexity index is 1800. The van der Waals surface area contributed by atoms with Crippen molar-refractivity contribution in [2.24, 2.45) is 40.4 Å². The third kappa shape index (κ3) is 4.93. The Hall–Kier alpha value is -3.31. The number of fused-ring (bicyclic) bond motifs is 6. The molecule has 2 spiro atoms. The highest BCUT2D eigenvalue weighted by Crippen LogP contribution is 2.82. The summed E-state index contributed by atoms with van der Waals surface area (Å²) in [5.41, 5.74) is -1.49. The second kappa shape index (κ2) is 11.8. The van der Waals surface area contributed by atoms with E-state index < -0.39 is 52.3 Å². The quantitative estimate of drug-likeness (QED) is 0.197. The lowest BCUT2D eigenvalue weighted by Crippen LogP contribution is -2.65. The second-order valence-corrected chi connectivity index (χ2v) is 18.0. The van der Waals surface area contributed by atoms with Crippen molar-refractivity contribution in [2.45, 2.75) is 127 Å². The molecule has 2 aromatic rings. The number of carbonyl (C=O) groups is 3. The summed E-state index contributed by atoms with van der Waals surface area (Å²) in [5, 5.41) is 12.9. The van der Waals surface area contributed by atoms with Crippen LogP contribution in [0.2, 0.25) is 0 Å². The van der Waals surface area contributed by atoms with E-state index in [9.17, 15) is 19.5 Å². The number of benzene rings is 2. The van der Waals surface area contributed by atoms with Crippen LogP contribution in [-0.4, -0.2) is 70.7 Å². The first kappa shape index (κ1) is 35.4. The summed E-state index contributed by atoms with van der Waals surface area (Å²) < 4.78 is 38.8. The molecule has 0 unspecified atom stereocenters. The molecule has 2 aromatic carbocycles. The van der Waals surface area contributed by atoms with Gasteiger partial charge in [-0.3, -0.25) is 4.79 Å². The molecule has 10 nitrogen and oxygen atoms in total. The van der Waals surface area contributed by atoms with Gasteiger partial charge in [0.1, 0.15) is 36.1 Å². The van der Waals surface area contributed by atoms with E-state index in [-0.39, 0.29) is 47.8 Å². The van der Waals surface area contributed by atoms with Gasteiger partial charge < -0.3 is 33.5 Å². The van der Waals surface area contributed by atoms with Gasteiger partial charge in [0.25, 0.3) is 0 Å². The van der Waals surface area contributed by atoms with Crippen molar-refractivity contribution in [1.29, 1.82) is 0 Å². The van der Waals surface area contributed by atoms with Crippen LogP contribution in [0.25, 0.3) is 0 Å². The second-order valence-electron chi connectivity index (χ2n) is 18.0. The molecule has 9 rings (SSSR count). The average Bonchev–Trinajstić information content (AvgIpc) is 3.70. The summed E-state index contributed by atoms with van der Waals surface area (Å²) in [6.07, 6.45) is 4.87. The molecule has 0 amide bonds. The van der Waals surface area contributed by atoms with Gasteiger partial charge in [0.2, 0.25) is 5.79 Å². The van der Waals surface area contributed by atoms with E-state index in [1.54, 1.807) is 36.4 Å². The Morgan fingerprint density at radius 2 is 1.49 bits per heavy atom. The van der Waals surface area contributed by atoms with Crippen LogP contribution in [0.4, 0.5) is 0 Å². The van der Waals surface area contributed by atoms with Gasteiger partial charge in [0.15, 0.2) is 5.79 Å². The number of hydrogen-bond donors (Lipinski definition) is 1. The highest BCUT2D eigenvalue weighted by atomic mass is 16.8. The molecule has 0 radical (unpaired) electrons. The van der Waals surface area contributed by atoms with Gasteiger partial charge in [-0.2, -0.15) is 0 Å². The van der Waals surface area contributed by atoms with E-state index in [0.717, 1.165) is 32.1 Å². The smallest absolute Gasteiger partial charge is 0.338 e. The van der Waals surface area contributed by atoms with Gasteiger partial charge in [0.05, 0.1) is 11.1 Å². The minimum atomic E-state index is -1.67. The van der Waals surface area contributed by atoms with Crippen molar-refractivity contribution >= 4 is 17.9 Å². The molecule has 3 aliphatic heterocycles. The minimum absolute atomic E-state index is 0.0436. The number of rotatable bonds is 6. The summed E-state index contributed by atoms with van der Waals surface area (Å²) in [6, 6.07) is 18.0. The molecular weight excluding hydrogens is 676 g/mol. The maximum absolute atomic E-state index is 14.0. The highest BCUT2D eigenvalue weighted by molar-refractivity contribution is 5.90. The summed E-state index contributed by atoms with van der Waals surface area (Å²) in [7, 11) is 0. The number of carbonyl (C=O) groups excluding carboxylic acids is 3. The topological polar surface area (TPSA) is 130 Å². The summed E-state index contributed by atoms with van der Waals surface area (Å²) in [6.45, 7) is 10.1. The number of hydrogen-bond acceptors (Lipinski definition) is 10. The van der Waals surface area contributed by atoms with Crippen molar-refractivity contribution in [2.75, 3.05) is 6.61 Å². The predicted octanol–water partition coefficient (Wildman–Crippen LogP) is 6.63. The highest BCUT2D eigenvalue weighted by Gasteiger charge is 2.95. The van der Waals surface area contributed by atoms with Gasteiger partial charge in [-0.1, -0.05) is 57.2 Å². The standard InChI is InChI=1S/C43H52O10/c1-25-34-40(5)33(50-36(46)28-14-10-7-11-15-28)23-32-31(17-16-29-22-30(49-26(2)44)18-19-39(29,32)4)42(40)37(51-42)43(34,47)53-41(25)21-20-38(3,52-41)24-48-35(45)27-12-8-6-9-13-27/h6-15,25,29-34,37,47H,16-24H2,1-5H3/t25-,29+,30+,31-,32+,33-,34-,37+,38+,39+,40-,41-,42-,43-/m1/s1. The summed E-state index contributed by atoms with van der Waals surface area (Å²) >= 11 is 0. The van der Waals surface area contributed by atoms with E-state index in [0.29, 0.717) is 36.3 Å². The largest absolute Gasteiger partial charge is 0.463 e. The lowest BCUT2D eigenvalue weighted by Gasteiger charge is -2.62. The average molecular weight is 729 g/mol. The first-order valence-corrected chi connectivity index (χ1v) is 19.7. The zero-order valence-electron chi connectivity index (χ0n) is 31.4. The molecule has 0 aromatic heterocycles. The van der Waals surface area contributed by atoms with E-state index >= 15 is 0 Å². The first-order chi connectivity index (χ1) is 25.2. The molecule has 7 aliphatic rings. The normalized spacial score (nSPS) is 47.4. The molecule has 284 valence electrons. The fraction of sp³-hybridized carbons (Fsp3) is 0.651. The van der Waals surface area contributed by atoms with Gasteiger partial charge in [0, 0.05) is 30.6 Å². The van der Waals surface area contributed by atoms with Crippen LogP contribution in [-0.2, 0) is 33.2 Å². The van der Waals surface area contributed by atoms with Crippen LogP contribution in [0, 0.1) is 40.4 Å².